The lowest BCUT2D eigenvalue weighted by Crippen LogP contribution is -2.37. The van der Waals surface area contributed by atoms with E-state index in [-0.39, 0.29) is 16.6 Å². The summed E-state index contributed by atoms with van der Waals surface area (Å²) in [6, 6.07) is 3.90. The molecule has 110 valence electrons. The average Bonchev–Trinajstić information content (AvgIpc) is 2.89. The molecule has 1 aromatic carbocycles. The molecule has 8 heteroatoms. The second kappa shape index (κ2) is 5.86. The summed E-state index contributed by atoms with van der Waals surface area (Å²) in [6.45, 7) is 2.79. The van der Waals surface area contributed by atoms with Crippen molar-refractivity contribution in [3.63, 3.8) is 0 Å². The largest absolute Gasteiger partial charge is 0.313 e. The highest BCUT2D eigenvalue weighted by Gasteiger charge is 2.21. The van der Waals surface area contributed by atoms with Crippen LogP contribution in [-0.2, 0) is 10.0 Å². The van der Waals surface area contributed by atoms with Crippen LogP contribution in [0.2, 0.25) is 0 Å². The van der Waals surface area contributed by atoms with Gasteiger partial charge in [-0.15, -0.1) is 0 Å². The molecule has 2 N–H and O–H groups in total. The average molecular weight is 299 g/mol. The van der Waals surface area contributed by atoms with Gasteiger partial charge in [0.1, 0.15) is 0 Å². The molecule has 1 heterocycles. The number of nitro benzene ring substituents is 1. The van der Waals surface area contributed by atoms with Crippen molar-refractivity contribution in [3.8, 4) is 0 Å². The maximum absolute atomic E-state index is 12.2. The lowest BCUT2D eigenvalue weighted by Gasteiger charge is -2.13. The molecular weight excluding hydrogens is 282 g/mol. The van der Waals surface area contributed by atoms with E-state index < -0.39 is 14.9 Å². The van der Waals surface area contributed by atoms with Gasteiger partial charge in [-0.05, 0) is 37.9 Å². The molecule has 0 spiro atoms. The third-order valence-electron chi connectivity index (χ3n) is 3.34. The Morgan fingerprint density at radius 2 is 2.25 bits per heavy atom. The minimum Gasteiger partial charge on any atom is -0.313 e. The van der Waals surface area contributed by atoms with Crippen LogP contribution in [0.15, 0.2) is 23.1 Å². The van der Waals surface area contributed by atoms with Gasteiger partial charge in [-0.3, -0.25) is 10.1 Å². The molecule has 1 unspecified atom stereocenters. The van der Waals surface area contributed by atoms with Gasteiger partial charge in [0.2, 0.25) is 10.0 Å². The van der Waals surface area contributed by atoms with Crippen LogP contribution in [0.1, 0.15) is 18.4 Å². The van der Waals surface area contributed by atoms with Crippen LogP contribution >= 0.6 is 0 Å². The second-order valence-corrected chi connectivity index (χ2v) is 6.59. The predicted molar refractivity (Wildman–Crippen MR) is 74.0 cm³/mol. The molecule has 2 rings (SSSR count). The quantitative estimate of drug-likeness (QED) is 0.622. The Labute approximate surface area is 117 Å². The highest BCUT2D eigenvalue weighted by atomic mass is 32.2. The van der Waals surface area contributed by atoms with Crippen molar-refractivity contribution in [2.24, 2.45) is 0 Å². The van der Waals surface area contributed by atoms with Crippen molar-refractivity contribution in [2.75, 3.05) is 13.1 Å². The highest BCUT2D eigenvalue weighted by molar-refractivity contribution is 7.89. The van der Waals surface area contributed by atoms with Gasteiger partial charge < -0.3 is 5.32 Å². The first-order valence-electron chi connectivity index (χ1n) is 6.38. The minimum absolute atomic E-state index is 0.0843. The monoisotopic (exact) mass is 299 g/mol. The maximum atomic E-state index is 12.2. The number of sulfonamides is 1. The van der Waals surface area contributed by atoms with Crippen LogP contribution in [0.25, 0.3) is 0 Å². The van der Waals surface area contributed by atoms with Gasteiger partial charge >= 0.3 is 0 Å². The molecule has 1 saturated heterocycles. The summed E-state index contributed by atoms with van der Waals surface area (Å²) in [5.41, 5.74) is 0.255. The molecule has 0 saturated carbocycles. The van der Waals surface area contributed by atoms with E-state index in [1.54, 1.807) is 6.92 Å². The number of nitrogens with one attached hydrogen (secondary N) is 2. The fourth-order valence-corrected chi connectivity index (χ4v) is 3.57. The molecule has 0 aliphatic carbocycles. The van der Waals surface area contributed by atoms with E-state index in [0.717, 1.165) is 19.4 Å². The zero-order valence-electron chi connectivity index (χ0n) is 11.1. The maximum Gasteiger partial charge on any atom is 0.269 e. The Bertz CT molecular complexity index is 609. The van der Waals surface area contributed by atoms with Crippen LogP contribution in [0, 0.1) is 17.0 Å². The van der Waals surface area contributed by atoms with E-state index >= 15 is 0 Å². The summed E-state index contributed by atoms with van der Waals surface area (Å²) in [5.74, 6) is 0. The Morgan fingerprint density at radius 1 is 1.50 bits per heavy atom. The van der Waals surface area contributed by atoms with Crippen molar-refractivity contribution in [1.29, 1.82) is 0 Å². The van der Waals surface area contributed by atoms with Crippen molar-refractivity contribution in [1.82, 2.24) is 10.0 Å². The highest BCUT2D eigenvalue weighted by Crippen LogP contribution is 2.21. The Balaban J connectivity index is 2.14. The van der Waals surface area contributed by atoms with E-state index in [1.807, 2.05) is 0 Å². The summed E-state index contributed by atoms with van der Waals surface area (Å²) in [5, 5.41) is 13.8. The number of nitro groups is 1. The first kappa shape index (κ1) is 14.9. The Hall–Kier alpha value is -1.51. The predicted octanol–water partition coefficient (Wildman–Crippen LogP) is 0.934. The summed E-state index contributed by atoms with van der Waals surface area (Å²) in [6.07, 6.45) is 1.99. The molecule has 1 atom stereocenters. The normalized spacial score (nSPS) is 19.1. The fourth-order valence-electron chi connectivity index (χ4n) is 2.27. The molecule has 1 aromatic rings. The van der Waals surface area contributed by atoms with E-state index in [9.17, 15) is 18.5 Å². The molecule has 0 radical (unpaired) electrons. The molecule has 1 aliphatic heterocycles. The third kappa shape index (κ3) is 3.33. The second-order valence-electron chi connectivity index (χ2n) is 4.85. The van der Waals surface area contributed by atoms with Crippen LogP contribution in [-0.4, -0.2) is 32.5 Å². The molecule has 1 aliphatic rings. The number of hydrogen-bond acceptors (Lipinski definition) is 5. The lowest BCUT2D eigenvalue weighted by atomic mass is 10.2. The van der Waals surface area contributed by atoms with Gasteiger partial charge in [0.05, 0.1) is 9.82 Å². The molecule has 20 heavy (non-hydrogen) atoms. The van der Waals surface area contributed by atoms with Crippen LogP contribution in [0.4, 0.5) is 5.69 Å². The number of hydrogen-bond donors (Lipinski definition) is 2. The molecule has 0 amide bonds. The standard InChI is InChI=1S/C12H17N3O4S/c1-9-7-11(15(16)17)4-5-12(9)20(18,19)14-8-10-3-2-6-13-10/h4-5,7,10,13-14H,2-3,6,8H2,1H3. The van der Waals surface area contributed by atoms with Crippen molar-refractivity contribution in [3.05, 3.63) is 33.9 Å². The topological polar surface area (TPSA) is 101 Å². The minimum atomic E-state index is -3.63. The fraction of sp³-hybridized carbons (Fsp3) is 0.500. The van der Waals surface area contributed by atoms with E-state index in [0.29, 0.717) is 12.1 Å². The summed E-state index contributed by atoms with van der Waals surface area (Å²) < 4.78 is 26.9. The first-order chi connectivity index (χ1) is 9.40. The van der Waals surface area contributed by atoms with Gasteiger partial charge in [-0.1, -0.05) is 0 Å². The van der Waals surface area contributed by atoms with Gasteiger partial charge in [0, 0.05) is 24.7 Å². The number of rotatable bonds is 5. The smallest absolute Gasteiger partial charge is 0.269 e. The third-order valence-corrected chi connectivity index (χ3v) is 4.92. The number of non-ortho nitro benzene ring substituents is 1. The van der Waals surface area contributed by atoms with E-state index in [1.165, 1.54) is 18.2 Å². The molecule has 1 fully saturated rings. The van der Waals surface area contributed by atoms with Crippen LogP contribution < -0.4 is 10.0 Å². The summed E-state index contributed by atoms with van der Waals surface area (Å²) in [4.78, 5) is 10.2. The molecule has 0 aromatic heterocycles. The van der Waals surface area contributed by atoms with Gasteiger partial charge in [0.25, 0.3) is 5.69 Å². The zero-order valence-corrected chi connectivity index (χ0v) is 11.9. The van der Waals surface area contributed by atoms with Gasteiger partial charge in [0.15, 0.2) is 0 Å². The zero-order chi connectivity index (χ0) is 14.8. The SMILES string of the molecule is Cc1cc([N+](=O)[O-])ccc1S(=O)(=O)NCC1CCCN1. The van der Waals surface area contributed by atoms with E-state index in [2.05, 4.69) is 10.0 Å². The van der Waals surface area contributed by atoms with Crippen LogP contribution in [0.3, 0.4) is 0 Å². The number of nitrogens with zero attached hydrogens (tertiary/aromatic N) is 1. The Morgan fingerprint density at radius 3 is 2.80 bits per heavy atom. The Kier molecular flexibility index (Phi) is 4.36. The first-order valence-corrected chi connectivity index (χ1v) is 7.86. The number of aryl methyl sites for hydroxylation is 1. The number of benzene rings is 1. The van der Waals surface area contributed by atoms with Crippen LogP contribution in [0.5, 0.6) is 0 Å². The molecule has 7 nitrogen and oxygen atoms in total. The molecular formula is C12H17N3O4S. The molecule has 0 bridgehead atoms. The van der Waals surface area contributed by atoms with Crippen molar-refractivity contribution < 1.29 is 13.3 Å². The van der Waals surface area contributed by atoms with E-state index in [4.69, 9.17) is 0 Å². The summed E-state index contributed by atoms with van der Waals surface area (Å²) >= 11 is 0. The lowest BCUT2D eigenvalue weighted by molar-refractivity contribution is -0.385. The van der Waals surface area contributed by atoms with Crippen molar-refractivity contribution >= 4 is 15.7 Å². The van der Waals surface area contributed by atoms with Gasteiger partial charge in [-0.2, -0.15) is 0 Å². The summed E-state index contributed by atoms with van der Waals surface area (Å²) in [7, 11) is -3.63. The van der Waals surface area contributed by atoms with Crippen molar-refractivity contribution in [2.45, 2.75) is 30.7 Å². The van der Waals surface area contributed by atoms with Gasteiger partial charge in [-0.25, -0.2) is 13.1 Å².